The molecule has 0 radical (unpaired) electrons. The standard InChI is InChI=1S/C28H17BrN2/c29-26-17-24-19-6-1-2-7-20(19)25(16-23(24)21-8-3-4-9-22(21)26)28-11-5-10-27(31-28)18-12-14-30-15-13-18/h1-17H. The fourth-order valence-corrected chi connectivity index (χ4v) is 4.96. The highest BCUT2D eigenvalue weighted by Crippen LogP contribution is 2.40. The van der Waals surface area contributed by atoms with Crippen molar-refractivity contribution in [2.24, 2.45) is 0 Å². The van der Waals surface area contributed by atoms with Gasteiger partial charge in [0.25, 0.3) is 0 Å². The second-order valence-electron chi connectivity index (χ2n) is 7.61. The Balaban J connectivity index is 1.71. The molecule has 6 rings (SSSR count). The lowest BCUT2D eigenvalue weighted by Crippen LogP contribution is -1.91. The summed E-state index contributed by atoms with van der Waals surface area (Å²) in [5.41, 5.74) is 4.13. The molecule has 31 heavy (non-hydrogen) atoms. The number of nitrogens with zero attached hydrogens (tertiary/aromatic N) is 2. The van der Waals surface area contributed by atoms with Crippen LogP contribution >= 0.6 is 15.9 Å². The van der Waals surface area contributed by atoms with E-state index in [1.54, 1.807) is 12.4 Å². The third-order valence-electron chi connectivity index (χ3n) is 5.83. The van der Waals surface area contributed by atoms with E-state index in [2.05, 4.69) is 99.8 Å². The predicted octanol–water partition coefficient (Wildman–Crippen LogP) is 8.03. The van der Waals surface area contributed by atoms with E-state index in [4.69, 9.17) is 4.98 Å². The lowest BCUT2D eigenvalue weighted by Gasteiger charge is -2.14. The lowest BCUT2D eigenvalue weighted by atomic mass is 9.92. The van der Waals surface area contributed by atoms with Crippen LogP contribution < -0.4 is 0 Å². The summed E-state index contributed by atoms with van der Waals surface area (Å²) in [6.45, 7) is 0. The molecule has 0 aliphatic heterocycles. The van der Waals surface area contributed by atoms with Crippen molar-refractivity contribution in [2.75, 3.05) is 0 Å². The Morgan fingerprint density at radius 3 is 1.90 bits per heavy atom. The van der Waals surface area contributed by atoms with Gasteiger partial charge in [-0.05, 0) is 68.7 Å². The van der Waals surface area contributed by atoms with Crippen LogP contribution in [0.25, 0.3) is 54.8 Å². The monoisotopic (exact) mass is 460 g/mol. The van der Waals surface area contributed by atoms with E-state index in [9.17, 15) is 0 Å². The minimum absolute atomic E-state index is 0.949. The molecule has 0 fully saturated rings. The summed E-state index contributed by atoms with van der Waals surface area (Å²) in [5, 5.41) is 7.38. The molecule has 0 unspecified atom stereocenters. The van der Waals surface area contributed by atoms with Crippen molar-refractivity contribution < 1.29 is 0 Å². The molecule has 2 aromatic heterocycles. The van der Waals surface area contributed by atoms with Crippen molar-refractivity contribution in [3.63, 3.8) is 0 Å². The number of benzene rings is 4. The summed E-state index contributed by atoms with van der Waals surface area (Å²) in [6.07, 6.45) is 3.61. The van der Waals surface area contributed by atoms with Gasteiger partial charge in [-0.3, -0.25) is 4.98 Å². The molecule has 2 heterocycles. The molecule has 2 nitrogen and oxygen atoms in total. The first kappa shape index (κ1) is 18.2. The summed E-state index contributed by atoms with van der Waals surface area (Å²) < 4.78 is 1.12. The summed E-state index contributed by atoms with van der Waals surface area (Å²) >= 11 is 3.79. The summed E-state index contributed by atoms with van der Waals surface area (Å²) in [4.78, 5) is 9.16. The molecule has 0 N–H and O–H groups in total. The predicted molar refractivity (Wildman–Crippen MR) is 133 cm³/mol. The molecule has 0 saturated carbocycles. The Morgan fingerprint density at radius 2 is 1.13 bits per heavy atom. The summed E-state index contributed by atoms with van der Waals surface area (Å²) in [7, 11) is 0. The van der Waals surface area contributed by atoms with Gasteiger partial charge in [0.2, 0.25) is 0 Å². The average molecular weight is 461 g/mol. The quantitative estimate of drug-likeness (QED) is 0.244. The number of halogens is 1. The zero-order valence-electron chi connectivity index (χ0n) is 16.6. The SMILES string of the molecule is Brc1cc2c3ccccc3c(-c3cccc(-c4ccncc4)n3)cc2c2ccccc12. The fourth-order valence-electron chi connectivity index (χ4n) is 4.39. The topological polar surface area (TPSA) is 25.8 Å². The molecule has 0 aliphatic rings. The minimum Gasteiger partial charge on any atom is -0.265 e. The van der Waals surface area contributed by atoms with E-state index in [-0.39, 0.29) is 0 Å². The molecular formula is C28H17BrN2. The number of rotatable bonds is 2. The van der Waals surface area contributed by atoms with Gasteiger partial charge in [-0.15, -0.1) is 0 Å². The largest absolute Gasteiger partial charge is 0.265 e. The Labute approximate surface area is 188 Å². The van der Waals surface area contributed by atoms with Gasteiger partial charge in [0.1, 0.15) is 0 Å². The first-order valence-corrected chi connectivity index (χ1v) is 11.0. The van der Waals surface area contributed by atoms with Gasteiger partial charge in [-0.2, -0.15) is 0 Å². The first-order valence-electron chi connectivity index (χ1n) is 10.2. The van der Waals surface area contributed by atoms with Crippen LogP contribution in [0.2, 0.25) is 0 Å². The highest BCUT2D eigenvalue weighted by molar-refractivity contribution is 9.10. The van der Waals surface area contributed by atoms with E-state index in [1.807, 2.05) is 12.1 Å². The molecule has 146 valence electrons. The molecule has 6 aromatic rings. The van der Waals surface area contributed by atoms with Crippen LogP contribution in [-0.2, 0) is 0 Å². The zero-order valence-corrected chi connectivity index (χ0v) is 18.2. The number of hydrogen-bond donors (Lipinski definition) is 0. The maximum Gasteiger partial charge on any atom is 0.0715 e. The Morgan fingerprint density at radius 1 is 0.516 bits per heavy atom. The van der Waals surface area contributed by atoms with Crippen molar-refractivity contribution in [2.45, 2.75) is 0 Å². The molecule has 0 aliphatic carbocycles. The van der Waals surface area contributed by atoms with Crippen molar-refractivity contribution in [3.8, 4) is 22.5 Å². The normalized spacial score (nSPS) is 11.4. The molecule has 0 spiro atoms. The zero-order chi connectivity index (χ0) is 20.8. The first-order chi connectivity index (χ1) is 15.3. The van der Waals surface area contributed by atoms with Crippen LogP contribution in [0, 0.1) is 0 Å². The lowest BCUT2D eigenvalue weighted by molar-refractivity contribution is 1.29. The van der Waals surface area contributed by atoms with Gasteiger partial charge >= 0.3 is 0 Å². The van der Waals surface area contributed by atoms with Gasteiger partial charge in [-0.25, -0.2) is 4.98 Å². The number of pyridine rings is 2. The third kappa shape index (κ3) is 3.01. The maximum absolute atomic E-state index is 5.03. The van der Waals surface area contributed by atoms with Crippen molar-refractivity contribution >= 4 is 48.2 Å². The Kier molecular flexibility index (Phi) is 4.29. The smallest absolute Gasteiger partial charge is 0.0715 e. The van der Waals surface area contributed by atoms with E-state index >= 15 is 0 Å². The minimum atomic E-state index is 0.949. The van der Waals surface area contributed by atoms with E-state index in [1.165, 1.54) is 32.3 Å². The van der Waals surface area contributed by atoms with Crippen LogP contribution in [0.3, 0.4) is 0 Å². The number of fused-ring (bicyclic) bond motifs is 5. The van der Waals surface area contributed by atoms with Crippen molar-refractivity contribution in [3.05, 3.63) is 108 Å². The third-order valence-corrected chi connectivity index (χ3v) is 6.49. The van der Waals surface area contributed by atoms with Crippen molar-refractivity contribution in [1.82, 2.24) is 9.97 Å². The van der Waals surface area contributed by atoms with Crippen LogP contribution in [0.4, 0.5) is 0 Å². The van der Waals surface area contributed by atoms with Gasteiger partial charge in [0.15, 0.2) is 0 Å². The van der Waals surface area contributed by atoms with E-state index < -0.39 is 0 Å². The van der Waals surface area contributed by atoms with Crippen LogP contribution in [0.1, 0.15) is 0 Å². The molecule has 0 saturated heterocycles. The molecular weight excluding hydrogens is 444 g/mol. The van der Waals surface area contributed by atoms with Crippen LogP contribution in [0.5, 0.6) is 0 Å². The molecule has 0 amide bonds. The second kappa shape index (κ2) is 7.29. The number of hydrogen-bond acceptors (Lipinski definition) is 2. The average Bonchev–Trinajstić information content (AvgIpc) is 2.85. The number of aromatic nitrogens is 2. The summed E-state index contributed by atoms with van der Waals surface area (Å²) in [6, 6.07) is 31.9. The Bertz CT molecular complexity index is 1590. The fraction of sp³-hybridized carbons (Fsp3) is 0. The maximum atomic E-state index is 5.03. The van der Waals surface area contributed by atoms with Crippen LogP contribution in [0.15, 0.2) is 108 Å². The summed E-state index contributed by atoms with van der Waals surface area (Å²) in [5.74, 6) is 0. The molecule has 4 aromatic carbocycles. The van der Waals surface area contributed by atoms with Gasteiger partial charge in [0, 0.05) is 28.0 Å². The Hall–Kier alpha value is -3.56. The highest BCUT2D eigenvalue weighted by atomic mass is 79.9. The molecule has 0 atom stereocenters. The van der Waals surface area contributed by atoms with Crippen LogP contribution in [-0.4, -0.2) is 9.97 Å². The molecule has 3 heteroatoms. The van der Waals surface area contributed by atoms with Gasteiger partial charge in [0.05, 0.1) is 11.4 Å². The van der Waals surface area contributed by atoms with E-state index in [0.717, 1.165) is 27.0 Å². The van der Waals surface area contributed by atoms with E-state index in [0.29, 0.717) is 0 Å². The highest BCUT2D eigenvalue weighted by Gasteiger charge is 2.13. The second-order valence-corrected chi connectivity index (χ2v) is 8.47. The molecule has 0 bridgehead atoms. The van der Waals surface area contributed by atoms with Gasteiger partial charge < -0.3 is 0 Å². The van der Waals surface area contributed by atoms with Crippen molar-refractivity contribution in [1.29, 1.82) is 0 Å². The van der Waals surface area contributed by atoms with Gasteiger partial charge in [-0.1, -0.05) is 70.5 Å².